The maximum absolute atomic E-state index is 5.57. The molecule has 3 rings (SSSR count). The maximum atomic E-state index is 5.57. The smallest absolute Gasteiger partial charge is 0.0912 e. The average molecular weight is 476 g/mol. The van der Waals surface area contributed by atoms with Gasteiger partial charge in [0.25, 0.3) is 0 Å². The molecule has 0 aliphatic carbocycles. The summed E-state index contributed by atoms with van der Waals surface area (Å²) in [6.07, 6.45) is 3.53. The van der Waals surface area contributed by atoms with Crippen LogP contribution in [0, 0.1) is 0 Å². The van der Waals surface area contributed by atoms with Gasteiger partial charge in [-0.1, -0.05) is 97.4 Å². The molecule has 0 atom stereocenters. The Morgan fingerprint density at radius 2 is 1.09 bits per heavy atom. The predicted octanol–water partition coefficient (Wildman–Crippen LogP) is 5.80. The number of nitrogens with two attached hydrogens (primary N) is 1. The van der Waals surface area contributed by atoms with Crippen molar-refractivity contribution in [2.45, 2.75) is 42.6 Å². The topological polar surface area (TPSA) is 50.1 Å². The fourth-order valence-corrected chi connectivity index (χ4v) is 6.17. The van der Waals surface area contributed by atoms with Crippen molar-refractivity contribution in [3.63, 3.8) is 0 Å². The van der Waals surface area contributed by atoms with E-state index in [1.54, 1.807) is 0 Å². The van der Waals surface area contributed by atoms with Gasteiger partial charge in [-0.3, -0.25) is 0 Å². The Balaban J connectivity index is 1.77. The second-order valence-electron chi connectivity index (χ2n) is 9.42. The molecule has 0 amide bonds. The lowest BCUT2D eigenvalue weighted by Gasteiger charge is -2.41. The summed E-state index contributed by atoms with van der Waals surface area (Å²) in [5.41, 5.74) is 9.50. The van der Waals surface area contributed by atoms with E-state index in [9.17, 15) is 0 Å². The van der Waals surface area contributed by atoms with Crippen molar-refractivity contribution in [3.05, 3.63) is 108 Å². The monoisotopic (exact) mass is 475 g/mol. The summed E-state index contributed by atoms with van der Waals surface area (Å²) in [6, 6.07) is 32.8. The number of unbranched alkanes of at least 4 members (excludes halogenated alkanes) is 2. The molecule has 0 aromatic heterocycles. The summed E-state index contributed by atoms with van der Waals surface area (Å²) in [5, 5.41) is 7.25. The van der Waals surface area contributed by atoms with E-state index >= 15 is 0 Å². The summed E-state index contributed by atoms with van der Waals surface area (Å²) >= 11 is 2.04. The molecule has 0 radical (unpaired) electrons. The van der Waals surface area contributed by atoms with Crippen LogP contribution in [0.15, 0.2) is 91.0 Å². The molecule has 0 bridgehead atoms. The highest BCUT2D eigenvalue weighted by Gasteiger charge is 2.41. The van der Waals surface area contributed by atoms with Crippen LogP contribution in [0.5, 0.6) is 0 Å². The van der Waals surface area contributed by atoms with Crippen LogP contribution in [0.25, 0.3) is 0 Å². The van der Waals surface area contributed by atoms with Gasteiger partial charge < -0.3 is 16.4 Å². The summed E-state index contributed by atoms with van der Waals surface area (Å²) in [6.45, 7) is 9.47. The molecule has 0 aliphatic heterocycles. The number of benzene rings is 3. The van der Waals surface area contributed by atoms with Gasteiger partial charge in [0.15, 0.2) is 0 Å². The third-order valence-electron chi connectivity index (χ3n) is 6.06. The first-order valence-electron chi connectivity index (χ1n) is 12.6. The van der Waals surface area contributed by atoms with Gasteiger partial charge in [-0.15, -0.1) is 11.8 Å². The molecule has 0 heterocycles. The minimum Gasteiger partial charge on any atom is -0.330 e. The lowest BCUT2D eigenvalue weighted by atomic mass is 9.84. The molecule has 4 N–H and O–H groups in total. The van der Waals surface area contributed by atoms with E-state index in [0.29, 0.717) is 0 Å². The first kappa shape index (κ1) is 26.5. The molecule has 3 aromatic rings. The van der Waals surface area contributed by atoms with Gasteiger partial charge in [-0.2, -0.15) is 0 Å². The number of rotatable bonds is 15. The largest absolute Gasteiger partial charge is 0.330 e. The van der Waals surface area contributed by atoms with Gasteiger partial charge in [0.2, 0.25) is 0 Å². The standard InChI is InChI=1S/C30H41N3S/c1-29(2,25-33-24-23-32-22-14-6-13-21-31)34-30(26-15-7-3-8-16-26,27-17-9-4-10-18-27)28-19-11-5-12-20-28/h3-5,7-12,15-20,32-33H,6,13-14,21-25,31H2,1-2H3. The molecule has 0 saturated heterocycles. The van der Waals surface area contributed by atoms with Crippen LogP contribution in [0.1, 0.15) is 49.8 Å². The van der Waals surface area contributed by atoms with E-state index in [4.69, 9.17) is 5.73 Å². The molecule has 0 spiro atoms. The fourth-order valence-electron chi connectivity index (χ4n) is 4.41. The van der Waals surface area contributed by atoms with Gasteiger partial charge in [0, 0.05) is 24.4 Å². The Hall–Kier alpha value is -2.11. The molecular formula is C30H41N3S. The van der Waals surface area contributed by atoms with Crippen LogP contribution < -0.4 is 16.4 Å². The fraction of sp³-hybridized carbons (Fsp3) is 0.400. The van der Waals surface area contributed by atoms with Gasteiger partial charge >= 0.3 is 0 Å². The molecular weight excluding hydrogens is 434 g/mol. The van der Waals surface area contributed by atoms with Gasteiger partial charge in [-0.25, -0.2) is 0 Å². The maximum Gasteiger partial charge on any atom is 0.0912 e. The number of hydrogen-bond donors (Lipinski definition) is 3. The summed E-state index contributed by atoms with van der Waals surface area (Å²) < 4.78 is -0.293. The van der Waals surface area contributed by atoms with E-state index < -0.39 is 0 Å². The predicted molar refractivity (Wildman–Crippen MR) is 150 cm³/mol. The Morgan fingerprint density at radius 3 is 1.56 bits per heavy atom. The molecule has 0 aliphatic rings. The van der Waals surface area contributed by atoms with E-state index in [0.717, 1.165) is 39.1 Å². The zero-order chi connectivity index (χ0) is 24.1. The second kappa shape index (κ2) is 13.7. The van der Waals surface area contributed by atoms with Crippen LogP contribution in [-0.4, -0.2) is 37.5 Å². The minimum atomic E-state index is -0.295. The zero-order valence-electron chi connectivity index (χ0n) is 20.8. The quantitative estimate of drug-likeness (QED) is 0.192. The molecule has 182 valence electrons. The highest BCUT2D eigenvalue weighted by molar-refractivity contribution is 8.02. The number of hydrogen-bond acceptors (Lipinski definition) is 4. The zero-order valence-corrected chi connectivity index (χ0v) is 21.6. The first-order valence-corrected chi connectivity index (χ1v) is 13.4. The Bertz CT molecular complexity index is 832. The molecule has 0 saturated carbocycles. The Kier molecular flexibility index (Phi) is 10.7. The lowest BCUT2D eigenvalue weighted by Crippen LogP contribution is -2.40. The van der Waals surface area contributed by atoms with Crippen molar-refractivity contribution in [1.29, 1.82) is 0 Å². The minimum absolute atomic E-state index is 0.00263. The van der Waals surface area contributed by atoms with Crippen molar-refractivity contribution in [1.82, 2.24) is 10.6 Å². The lowest BCUT2D eigenvalue weighted by molar-refractivity contribution is 0.547. The Morgan fingerprint density at radius 1 is 0.618 bits per heavy atom. The van der Waals surface area contributed by atoms with E-state index in [1.807, 2.05) is 11.8 Å². The van der Waals surface area contributed by atoms with Gasteiger partial charge in [0.1, 0.15) is 0 Å². The normalized spacial score (nSPS) is 12.1. The van der Waals surface area contributed by atoms with Crippen LogP contribution in [0.4, 0.5) is 0 Å². The Labute approximate surface area is 210 Å². The third kappa shape index (κ3) is 7.44. The molecule has 4 heteroatoms. The van der Waals surface area contributed by atoms with Gasteiger partial charge in [0.05, 0.1) is 4.75 Å². The van der Waals surface area contributed by atoms with E-state index in [2.05, 4.69) is 115 Å². The average Bonchev–Trinajstić information content (AvgIpc) is 2.88. The summed E-state index contributed by atoms with van der Waals surface area (Å²) in [5.74, 6) is 0. The molecule has 3 nitrogen and oxygen atoms in total. The summed E-state index contributed by atoms with van der Waals surface area (Å²) in [7, 11) is 0. The summed E-state index contributed by atoms with van der Waals surface area (Å²) in [4.78, 5) is 0. The molecule has 34 heavy (non-hydrogen) atoms. The van der Waals surface area contributed by atoms with E-state index in [-0.39, 0.29) is 9.49 Å². The third-order valence-corrected chi connectivity index (χ3v) is 7.77. The molecule has 0 unspecified atom stereocenters. The highest BCUT2D eigenvalue weighted by Crippen LogP contribution is 2.53. The van der Waals surface area contributed by atoms with Crippen molar-refractivity contribution >= 4 is 11.8 Å². The first-order chi connectivity index (χ1) is 16.6. The SMILES string of the molecule is CC(C)(CNCCNCCCCCN)SC(c1ccccc1)(c1ccccc1)c1ccccc1. The van der Waals surface area contributed by atoms with Crippen LogP contribution in [0.3, 0.4) is 0 Å². The molecule has 3 aromatic carbocycles. The second-order valence-corrected chi connectivity index (χ2v) is 11.3. The highest BCUT2D eigenvalue weighted by atomic mass is 32.2. The van der Waals surface area contributed by atoms with Crippen molar-refractivity contribution < 1.29 is 0 Å². The molecule has 0 fully saturated rings. The van der Waals surface area contributed by atoms with Gasteiger partial charge in [-0.05, 0) is 56.5 Å². The van der Waals surface area contributed by atoms with Crippen molar-refractivity contribution in [2.24, 2.45) is 5.73 Å². The number of nitrogens with one attached hydrogen (secondary N) is 2. The van der Waals surface area contributed by atoms with Crippen molar-refractivity contribution in [2.75, 3.05) is 32.7 Å². The van der Waals surface area contributed by atoms with Crippen molar-refractivity contribution in [3.8, 4) is 0 Å². The van der Waals surface area contributed by atoms with Crippen LogP contribution in [0.2, 0.25) is 0 Å². The number of thioether (sulfide) groups is 1. The van der Waals surface area contributed by atoms with Crippen LogP contribution >= 0.6 is 11.8 Å². The van der Waals surface area contributed by atoms with E-state index in [1.165, 1.54) is 29.5 Å². The van der Waals surface area contributed by atoms with Crippen LogP contribution in [-0.2, 0) is 4.75 Å².